The summed E-state index contributed by atoms with van der Waals surface area (Å²) in [6.07, 6.45) is 0. The number of amides is 1. The number of carbonyl (C=O) groups excluding carboxylic acids is 1. The maximum Gasteiger partial charge on any atom is 0.262 e. The lowest BCUT2D eigenvalue weighted by molar-refractivity contribution is -0.118. The molecule has 0 saturated heterocycles. The van der Waals surface area contributed by atoms with Crippen LogP contribution in [0.2, 0.25) is 0 Å². The summed E-state index contributed by atoms with van der Waals surface area (Å²) in [4.78, 5) is 11.5. The fourth-order valence-electron chi connectivity index (χ4n) is 3.18. The van der Waals surface area contributed by atoms with Gasteiger partial charge in [0.2, 0.25) is 10.0 Å². The Hall–Kier alpha value is -3.20. The van der Waals surface area contributed by atoms with Gasteiger partial charge in [-0.2, -0.15) is 0 Å². The van der Waals surface area contributed by atoms with Crippen LogP contribution in [0.5, 0.6) is 5.75 Å². The predicted molar refractivity (Wildman–Crippen MR) is 116 cm³/mol. The quantitative estimate of drug-likeness (QED) is 0.563. The Labute approximate surface area is 181 Å². The zero-order chi connectivity index (χ0) is 21.7. The summed E-state index contributed by atoms with van der Waals surface area (Å²) in [5, 5.41) is 2.61. The van der Waals surface area contributed by atoms with Crippen LogP contribution in [-0.2, 0) is 39.3 Å². The van der Waals surface area contributed by atoms with Gasteiger partial charge in [-0.15, -0.1) is 0 Å². The summed E-state index contributed by atoms with van der Waals surface area (Å²) in [5.74, 6) is 0.128. The third-order valence-electron chi connectivity index (χ3n) is 4.73. The smallest absolute Gasteiger partial charge is 0.262 e. The number of nitrogens with one attached hydrogen (secondary N) is 2. The summed E-state index contributed by atoms with van der Waals surface area (Å²) < 4.78 is 39.0. The lowest BCUT2D eigenvalue weighted by atomic mass is 10.1. The Kier molecular flexibility index (Phi) is 6.31. The van der Waals surface area contributed by atoms with Crippen LogP contribution in [0.4, 0.5) is 5.69 Å². The fourth-order valence-corrected chi connectivity index (χ4v) is 4.22. The SMILES string of the molecule is O=C1COc2ccc(S(=O)(=O)NCc3cccc(COCc4ccccc4)c3)cc2N1. The molecule has 160 valence electrons. The zero-order valence-electron chi connectivity index (χ0n) is 16.7. The maximum atomic E-state index is 12.7. The lowest BCUT2D eigenvalue weighted by Crippen LogP contribution is -2.27. The van der Waals surface area contributed by atoms with Crippen LogP contribution in [-0.4, -0.2) is 20.9 Å². The molecule has 3 aromatic carbocycles. The van der Waals surface area contributed by atoms with Crippen LogP contribution < -0.4 is 14.8 Å². The molecule has 8 heteroatoms. The van der Waals surface area contributed by atoms with Gasteiger partial charge in [0.25, 0.3) is 5.91 Å². The van der Waals surface area contributed by atoms with Crippen molar-refractivity contribution in [3.63, 3.8) is 0 Å². The molecule has 1 aliphatic rings. The fraction of sp³-hybridized carbons (Fsp3) is 0.174. The third kappa shape index (κ3) is 5.49. The van der Waals surface area contributed by atoms with Crippen molar-refractivity contribution in [3.8, 4) is 5.75 Å². The highest BCUT2D eigenvalue weighted by Gasteiger charge is 2.20. The van der Waals surface area contributed by atoms with E-state index in [0.717, 1.165) is 16.7 Å². The van der Waals surface area contributed by atoms with Gasteiger partial charge in [-0.1, -0.05) is 54.6 Å². The Morgan fingerprint density at radius 2 is 1.65 bits per heavy atom. The number of sulfonamides is 1. The standard InChI is InChI=1S/C23H22N2O5S/c26-23-16-30-22-10-9-20(12-21(22)25-23)31(27,28)24-13-18-7-4-8-19(11-18)15-29-14-17-5-2-1-3-6-17/h1-12,24H,13-16H2,(H,25,26). The molecule has 0 fully saturated rings. The predicted octanol–water partition coefficient (Wildman–Crippen LogP) is 3.21. The van der Waals surface area contributed by atoms with E-state index in [1.807, 2.05) is 54.6 Å². The molecule has 1 aliphatic heterocycles. The molecule has 4 rings (SSSR count). The molecule has 1 heterocycles. The number of ether oxygens (including phenoxy) is 2. The molecule has 1 amide bonds. The van der Waals surface area contributed by atoms with Crippen molar-refractivity contribution in [2.75, 3.05) is 11.9 Å². The average molecular weight is 439 g/mol. The van der Waals surface area contributed by atoms with Crippen molar-refractivity contribution < 1.29 is 22.7 Å². The second-order valence-electron chi connectivity index (χ2n) is 7.12. The van der Waals surface area contributed by atoms with Crippen molar-refractivity contribution in [2.45, 2.75) is 24.7 Å². The largest absolute Gasteiger partial charge is 0.482 e. The summed E-state index contributed by atoms with van der Waals surface area (Å²) in [7, 11) is -3.76. The molecule has 7 nitrogen and oxygen atoms in total. The highest BCUT2D eigenvalue weighted by molar-refractivity contribution is 7.89. The molecule has 2 N–H and O–H groups in total. The van der Waals surface area contributed by atoms with Gasteiger partial charge in [0, 0.05) is 6.54 Å². The second kappa shape index (κ2) is 9.30. The minimum Gasteiger partial charge on any atom is -0.482 e. The first kappa shape index (κ1) is 21.0. The third-order valence-corrected chi connectivity index (χ3v) is 6.13. The highest BCUT2D eigenvalue weighted by Crippen LogP contribution is 2.30. The normalized spacial score (nSPS) is 13.2. The number of benzene rings is 3. The van der Waals surface area contributed by atoms with Crippen LogP contribution in [0.1, 0.15) is 16.7 Å². The number of fused-ring (bicyclic) bond motifs is 1. The molecule has 0 unspecified atom stereocenters. The van der Waals surface area contributed by atoms with Gasteiger partial charge in [0.1, 0.15) is 5.75 Å². The van der Waals surface area contributed by atoms with Crippen LogP contribution in [0.3, 0.4) is 0 Å². The van der Waals surface area contributed by atoms with E-state index in [9.17, 15) is 13.2 Å². The molecule has 3 aromatic rings. The number of carbonyl (C=O) groups is 1. The zero-order valence-corrected chi connectivity index (χ0v) is 17.5. The number of rotatable bonds is 8. The first-order valence-corrected chi connectivity index (χ1v) is 11.2. The van der Waals surface area contributed by atoms with Gasteiger partial charge >= 0.3 is 0 Å². The van der Waals surface area contributed by atoms with Crippen LogP contribution >= 0.6 is 0 Å². The molecule has 0 saturated carbocycles. The molecule has 0 bridgehead atoms. The van der Waals surface area contributed by atoms with Gasteiger partial charge < -0.3 is 14.8 Å². The van der Waals surface area contributed by atoms with Crippen molar-refractivity contribution in [3.05, 3.63) is 89.5 Å². The average Bonchev–Trinajstić information content (AvgIpc) is 2.78. The van der Waals surface area contributed by atoms with Gasteiger partial charge in [0.05, 0.1) is 23.8 Å². The van der Waals surface area contributed by atoms with Gasteiger partial charge in [-0.3, -0.25) is 4.79 Å². The highest BCUT2D eigenvalue weighted by atomic mass is 32.2. The first-order chi connectivity index (χ1) is 15.0. The molecule has 0 aliphatic carbocycles. The number of hydrogen-bond acceptors (Lipinski definition) is 5. The van der Waals surface area contributed by atoms with E-state index >= 15 is 0 Å². The minimum absolute atomic E-state index is 0.0550. The van der Waals surface area contributed by atoms with Crippen molar-refractivity contribution in [1.82, 2.24) is 4.72 Å². The number of hydrogen-bond donors (Lipinski definition) is 2. The van der Waals surface area contributed by atoms with E-state index in [0.29, 0.717) is 24.7 Å². The van der Waals surface area contributed by atoms with Crippen molar-refractivity contribution >= 4 is 21.6 Å². The second-order valence-corrected chi connectivity index (χ2v) is 8.88. The maximum absolute atomic E-state index is 12.7. The molecular formula is C23H22N2O5S. The Morgan fingerprint density at radius 3 is 2.48 bits per heavy atom. The van der Waals surface area contributed by atoms with E-state index in [1.165, 1.54) is 18.2 Å². The van der Waals surface area contributed by atoms with Crippen LogP contribution in [0.25, 0.3) is 0 Å². The van der Waals surface area contributed by atoms with Gasteiger partial charge in [0.15, 0.2) is 6.61 Å². The number of anilines is 1. The topological polar surface area (TPSA) is 93.7 Å². The first-order valence-electron chi connectivity index (χ1n) is 9.75. The van der Waals surface area contributed by atoms with Crippen LogP contribution in [0, 0.1) is 0 Å². The minimum atomic E-state index is -3.76. The Bertz CT molecular complexity index is 1180. The molecular weight excluding hydrogens is 416 g/mol. The molecule has 0 spiro atoms. The summed E-state index contributed by atoms with van der Waals surface area (Å²) in [5.41, 5.74) is 3.22. The Morgan fingerprint density at radius 1 is 0.903 bits per heavy atom. The van der Waals surface area contributed by atoms with Crippen LogP contribution in [0.15, 0.2) is 77.7 Å². The molecule has 0 atom stereocenters. The summed E-state index contributed by atoms with van der Waals surface area (Å²) in [6.45, 7) is 0.994. The lowest BCUT2D eigenvalue weighted by Gasteiger charge is -2.18. The van der Waals surface area contributed by atoms with Gasteiger partial charge in [-0.05, 0) is 34.9 Å². The molecule has 31 heavy (non-hydrogen) atoms. The summed E-state index contributed by atoms with van der Waals surface area (Å²) in [6, 6.07) is 21.9. The van der Waals surface area contributed by atoms with E-state index in [4.69, 9.17) is 9.47 Å². The van der Waals surface area contributed by atoms with E-state index in [1.54, 1.807) is 0 Å². The molecule has 0 radical (unpaired) electrons. The van der Waals surface area contributed by atoms with E-state index in [-0.39, 0.29) is 24.0 Å². The van der Waals surface area contributed by atoms with E-state index < -0.39 is 10.0 Å². The monoisotopic (exact) mass is 438 g/mol. The summed E-state index contributed by atoms with van der Waals surface area (Å²) >= 11 is 0. The van der Waals surface area contributed by atoms with Crippen molar-refractivity contribution in [1.29, 1.82) is 0 Å². The molecule has 0 aromatic heterocycles. The van der Waals surface area contributed by atoms with Gasteiger partial charge in [-0.25, -0.2) is 13.1 Å². The van der Waals surface area contributed by atoms with Crippen molar-refractivity contribution in [2.24, 2.45) is 0 Å². The Balaban J connectivity index is 1.37. The van der Waals surface area contributed by atoms with E-state index in [2.05, 4.69) is 10.0 Å².